The first-order chi connectivity index (χ1) is 26.6. The first-order valence-corrected chi connectivity index (χ1v) is 18.9. The van der Waals surface area contributed by atoms with E-state index in [0.29, 0.717) is 60.0 Å². The van der Waals surface area contributed by atoms with Gasteiger partial charge in [0.15, 0.2) is 11.9 Å². The number of hydrogen-bond donors (Lipinski definition) is 1. The highest BCUT2D eigenvalue weighted by atomic mass is 35.5. The van der Waals surface area contributed by atoms with E-state index in [-0.39, 0.29) is 54.5 Å². The smallest absolute Gasteiger partial charge is 0.345 e. The third kappa shape index (κ3) is 8.11. The molecule has 4 aromatic carbocycles. The highest BCUT2D eigenvalue weighted by molar-refractivity contribution is 7.22. The van der Waals surface area contributed by atoms with Gasteiger partial charge in [-0.05, 0) is 72.0 Å². The van der Waals surface area contributed by atoms with Gasteiger partial charge in [-0.1, -0.05) is 71.7 Å². The molecule has 1 N–H and O–H groups in total. The summed E-state index contributed by atoms with van der Waals surface area (Å²) in [5.41, 5.74) is 4.63. The number of aromatic nitrogens is 2. The molecule has 0 spiro atoms. The zero-order valence-electron chi connectivity index (χ0n) is 29.8. The van der Waals surface area contributed by atoms with E-state index in [4.69, 9.17) is 46.9 Å². The quantitative estimate of drug-likeness (QED) is 0.113. The number of hydrogen-bond acceptors (Lipinski definition) is 9. The van der Waals surface area contributed by atoms with Crippen LogP contribution in [0.1, 0.15) is 22.3 Å². The topological polar surface area (TPSA) is 109 Å². The van der Waals surface area contributed by atoms with E-state index >= 15 is 0 Å². The second-order valence-electron chi connectivity index (χ2n) is 12.8. The van der Waals surface area contributed by atoms with Crippen LogP contribution < -0.4 is 18.9 Å². The number of halogens is 3. The maximum absolute atomic E-state index is 14.2. The molecule has 4 bridgehead atoms. The van der Waals surface area contributed by atoms with Crippen molar-refractivity contribution in [1.82, 2.24) is 9.97 Å². The summed E-state index contributed by atoms with van der Waals surface area (Å²) in [6.45, 7) is 8.07. The fourth-order valence-electron chi connectivity index (χ4n) is 6.41. The van der Waals surface area contributed by atoms with Crippen molar-refractivity contribution in [3.05, 3.63) is 130 Å². The van der Waals surface area contributed by atoms with Gasteiger partial charge in [0.25, 0.3) is 0 Å². The van der Waals surface area contributed by atoms with E-state index in [9.17, 15) is 14.3 Å². The Morgan fingerprint density at radius 3 is 2.47 bits per heavy atom. The van der Waals surface area contributed by atoms with Gasteiger partial charge in [0, 0.05) is 22.4 Å². The first-order valence-electron chi connectivity index (χ1n) is 17.3. The Morgan fingerprint density at radius 1 is 1.02 bits per heavy atom. The molecule has 8 rings (SSSR count). The predicted molar refractivity (Wildman–Crippen MR) is 212 cm³/mol. The van der Waals surface area contributed by atoms with Crippen molar-refractivity contribution in [2.45, 2.75) is 39.1 Å². The van der Waals surface area contributed by atoms with Crippen LogP contribution in [-0.4, -0.2) is 53.1 Å². The van der Waals surface area contributed by atoms with Crippen LogP contribution in [0.2, 0.25) is 10.0 Å². The fourth-order valence-corrected chi connectivity index (χ4v) is 8.07. The molecule has 0 amide bonds. The molecule has 55 heavy (non-hydrogen) atoms. The zero-order valence-corrected chi connectivity index (χ0v) is 32.1. The van der Waals surface area contributed by atoms with Gasteiger partial charge in [-0.2, -0.15) is 0 Å². The van der Waals surface area contributed by atoms with Crippen molar-refractivity contribution in [3.8, 4) is 44.7 Å². The molecule has 0 unspecified atom stereocenters. The van der Waals surface area contributed by atoms with Gasteiger partial charge in [-0.15, -0.1) is 17.9 Å². The van der Waals surface area contributed by atoms with Crippen LogP contribution in [0.15, 0.2) is 91.8 Å². The van der Waals surface area contributed by atoms with Gasteiger partial charge in [0.2, 0.25) is 12.0 Å². The molecule has 0 saturated heterocycles. The highest BCUT2D eigenvalue weighted by Crippen LogP contribution is 2.53. The molecule has 2 aliphatic rings. The molecule has 2 aromatic heterocycles. The molecule has 282 valence electrons. The van der Waals surface area contributed by atoms with Gasteiger partial charge in [-0.25, -0.2) is 19.2 Å². The number of nitrogens with zero attached hydrogens (tertiary/aromatic N) is 2. The number of thiophene rings is 1. The second kappa shape index (κ2) is 16.7. The molecule has 4 heterocycles. The lowest BCUT2D eigenvalue weighted by Gasteiger charge is -2.24. The minimum absolute atomic E-state index is 0.0209. The SMILES string of the molecule is C=CCOC[C@@H]1COc2ccc(OCc3ccccc3)c(c2)C[C@H](C(=O)O)Oc2ncnc3sc(-c4ccc(F)cc4)c(c23)-c2c(C)c(Cl)c(c(Cl)c2C)O1. The lowest BCUT2D eigenvalue weighted by Crippen LogP contribution is -2.31. The molecule has 0 radical (unpaired) electrons. The van der Waals surface area contributed by atoms with Crippen LogP contribution >= 0.6 is 34.5 Å². The summed E-state index contributed by atoms with van der Waals surface area (Å²) >= 11 is 15.6. The third-order valence-corrected chi connectivity index (χ3v) is 11.1. The Balaban J connectivity index is 1.44. The molecular weight excluding hydrogens is 766 g/mol. The summed E-state index contributed by atoms with van der Waals surface area (Å²) in [7, 11) is 0. The molecule has 2 atom stereocenters. The van der Waals surface area contributed by atoms with Gasteiger partial charge < -0.3 is 28.8 Å². The van der Waals surface area contributed by atoms with Crippen LogP contribution in [0.25, 0.3) is 31.8 Å². The van der Waals surface area contributed by atoms with E-state index in [1.165, 1.54) is 29.8 Å². The van der Waals surface area contributed by atoms with Crippen molar-refractivity contribution >= 4 is 50.7 Å². The predicted octanol–water partition coefficient (Wildman–Crippen LogP) is 10.1. The minimum Gasteiger partial charge on any atom is -0.490 e. The van der Waals surface area contributed by atoms with Crippen LogP contribution in [0.5, 0.6) is 23.1 Å². The second-order valence-corrected chi connectivity index (χ2v) is 14.6. The molecule has 0 saturated carbocycles. The van der Waals surface area contributed by atoms with E-state index in [1.807, 2.05) is 44.2 Å². The maximum Gasteiger partial charge on any atom is 0.345 e. The minimum atomic E-state index is -1.43. The lowest BCUT2D eigenvalue weighted by atomic mass is 9.92. The van der Waals surface area contributed by atoms with Crippen LogP contribution in [0, 0.1) is 19.7 Å². The first kappa shape index (κ1) is 38.1. The van der Waals surface area contributed by atoms with Gasteiger partial charge in [0.05, 0.1) is 28.6 Å². The average molecular weight is 802 g/mol. The molecular formula is C42H35Cl2FN2O7S. The molecule has 13 heteroatoms. The molecule has 2 aliphatic heterocycles. The number of carboxylic acids is 1. The standard InChI is InChI=1S/C42H35Cl2FN2O7S/c1-4-16-50-20-30-21-51-29-14-15-31(52-19-25-8-6-5-7-9-25)27(17-29)18-32(42(48)49)54-40-35-34(33-23(2)36(43)38(53-30)37(44)24(33)3)39(55-41(35)47-22-46-40)26-10-12-28(45)13-11-26/h4-15,17,22,30,32H,1,16,18-21H2,2-3H3,(H,48,49)/t30-,32-/m1/s1. The Bertz CT molecular complexity index is 2340. The van der Waals surface area contributed by atoms with Gasteiger partial charge in [-0.3, -0.25) is 0 Å². The summed E-state index contributed by atoms with van der Waals surface area (Å²) in [6.07, 6.45) is 0.733. The summed E-state index contributed by atoms with van der Waals surface area (Å²) < 4.78 is 45.4. The van der Waals surface area contributed by atoms with Crippen LogP contribution in [0.3, 0.4) is 0 Å². The lowest BCUT2D eigenvalue weighted by molar-refractivity contribution is -0.145. The van der Waals surface area contributed by atoms with E-state index < -0.39 is 24.0 Å². The Kier molecular flexibility index (Phi) is 11.5. The van der Waals surface area contributed by atoms with Crippen molar-refractivity contribution in [1.29, 1.82) is 0 Å². The van der Waals surface area contributed by atoms with Gasteiger partial charge in [0.1, 0.15) is 41.7 Å². The van der Waals surface area contributed by atoms with E-state index in [1.54, 1.807) is 36.4 Å². The molecule has 0 fully saturated rings. The Morgan fingerprint density at radius 2 is 1.76 bits per heavy atom. The fraction of sp³-hybridized carbons (Fsp3) is 0.214. The number of rotatable bonds is 9. The molecule has 9 nitrogen and oxygen atoms in total. The number of aliphatic carboxylic acids is 1. The summed E-state index contributed by atoms with van der Waals surface area (Å²) in [4.78, 5) is 23.3. The van der Waals surface area contributed by atoms with Crippen molar-refractivity contribution in [3.63, 3.8) is 0 Å². The third-order valence-electron chi connectivity index (χ3n) is 9.08. The van der Waals surface area contributed by atoms with E-state index in [2.05, 4.69) is 16.5 Å². The number of benzene rings is 4. The Labute approximate surface area is 330 Å². The molecule has 0 aliphatic carbocycles. The van der Waals surface area contributed by atoms with E-state index in [0.717, 1.165) is 5.56 Å². The number of carbonyl (C=O) groups is 1. The van der Waals surface area contributed by atoms with Crippen molar-refractivity contribution < 1.29 is 38.0 Å². The number of carboxylic acid groups (broad SMARTS) is 1. The van der Waals surface area contributed by atoms with Crippen molar-refractivity contribution in [2.75, 3.05) is 19.8 Å². The van der Waals surface area contributed by atoms with Crippen LogP contribution in [-0.2, 0) is 22.6 Å². The summed E-state index contributed by atoms with van der Waals surface area (Å²) in [5.74, 6) is -0.461. The average Bonchev–Trinajstić information content (AvgIpc) is 3.57. The number of ether oxygens (including phenoxy) is 5. The largest absolute Gasteiger partial charge is 0.490 e. The number of fused-ring (bicyclic) bond motifs is 7. The molecule has 6 aromatic rings. The maximum atomic E-state index is 14.2. The monoisotopic (exact) mass is 800 g/mol. The summed E-state index contributed by atoms with van der Waals surface area (Å²) in [5, 5.41) is 11.6. The zero-order chi connectivity index (χ0) is 38.6. The Hall–Kier alpha value is -5.20. The van der Waals surface area contributed by atoms with Crippen LogP contribution in [0.4, 0.5) is 4.39 Å². The normalized spacial score (nSPS) is 15.4. The summed E-state index contributed by atoms with van der Waals surface area (Å²) in [6, 6.07) is 20.9. The highest BCUT2D eigenvalue weighted by Gasteiger charge is 2.31. The van der Waals surface area contributed by atoms with Crippen molar-refractivity contribution in [2.24, 2.45) is 0 Å². The van der Waals surface area contributed by atoms with Gasteiger partial charge >= 0.3 is 5.97 Å².